The number of hydrogen-bond donors (Lipinski definition) is 2. The highest BCUT2D eigenvalue weighted by atomic mass is 16.2. The first-order valence-electron chi connectivity index (χ1n) is 9.70. The predicted octanol–water partition coefficient (Wildman–Crippen LogP) is 2.39. The SMILES string of the molecule is CC(C)c1cc(C(=O)NC(Cc2ccccc2)C(=O)C(N)=O)n(-c2ccccc2)n1. The highest BCUT2D eigenvalue weighted by Crippen LogP contribution is 2.19. The van der Waals surface area contributed by atoms with Crippen molar-refractivity contribution in [3.05, 3.63) is 83.7 Å². The van der Waals surface area contributed by atoms with Gasteiger partial charge in [0.05, 0.1) is 11.4 Å². The van der Waals surface area contributed by atoms with Crippen LogP contribution in [0.5, 0.6) is 0 Å². The van der Waals surface area contributed by atoms with Crippen LogP contribution >= 0.6 is 0 Å². The van der Waals surface area contributed by atoms with Crippen LogP contribution in [0.1, 0.15) is 41.5 Å². The predicted molar refractivity (Wildman–Crippen MR) is 113 cm³/mol. The number of nitrogens with two attached hydrogens (primary N) is 1. The van der Waals surface area contributed by atoms with Crippen molar-refractivity contribution in [1.29, 1.82) is 0 Å². The van der Waals surface area contributed by atoms with Gasteiger partial charge in [0, 0.05) is 6.42 Å². The summed E-state index contributed by atoms with van der Waals surface area (Å²) < 4.78 is 1.54. The number of para-hydroxylation sites is 1. The van der Waals surface area contributed by atoms with Crippen molar-refractivity contribution >= 4 is 17.6 Å². The van der Waals surface area contributed by atoms with Crippen molar-refractivity contribution in [3.8, 4) is 5.69 Å². The molecule has 0 aliphatic carbocycles. The van der Waals surface area contributed by atoms with E-state index in [1.54, 1.807) is 10.7 Å². The lowest BCUT2D eigenvalue weighted by atomic mass is 10.0. The van der Waals surface area contributed by atoms with Crippen LogP contribution in [0, 0.1) is 0 Å². The number of rotatable bonds is 8. The average molecular weight is 404 g/mol. The molecule has 3 N–H and O–H groups in total. The summed E-state index contributed by atoms with van der Waals surface area (Å²) in [7, 11) is 0. The molecular weight excluding hydrogens is 380 g/mol. The highest BCUT2D eigenvalue weighted by Gasteiger charge is 2.28. The summed E-state index contributed by atoms with van der Waals surface area (Å²) in [6, 6.07) is 19.0. The van der Waals surface area contributed by atoms with Crippen LogP contribution in [0.3, 0.4) is 0 Å². The first kappa shape index (κ1) is 21.0. The molecule has 3 aromatic rings. The second kappa shape index (κ2) is 9.17. The number of amides is 2. The van der Waals surface area contributed by atoms with Crippen LogP contribution in [-0.4, -0.2) is 33.4 Å². The molecule has 0 aliphatic heterocycles. The van der Waals surface area contributed by atoms with Gasteiger partial charge in [-0.15, -0.1) is 0 Å². The molecule has 30 heavy (non-hydrogen) atoms. The van der Waals surface area contributed by atoms with E-state index in [4.69, 9.17) is 5.73 Å². The Bertz CT molecular complexity index is 1040. The summed E-state index contributed by atoms with van der Waals surface area (Å²) in [6.45, 7) is 3.96. The number of primary amides is 1. The van der Waals surface area contributed by atoms with E-state index >= 15 is 0 Å². The van der Waals surface area contributed by atoms with E-state index < -0.39 is 23.6 Å². The van der Waals surface area contributed by atoms with Gasteiger partial charge in [0.15, 0.2) is 0 Å². The third-order valence-corrected chi connectivity index (χ3v) is 4.70. The number of hydrogen-bond acceptors (Lipinski definition) is 4. The van der Waals surface area contributed by atoms with Crippen molar-refractivity contribution in [2.24, 2.45) is 5.73 Å². The van der Waals surface area contributed by atoms with Gasteiger partial charge in [0.1, 0.15) is 11.7 Å². The number of carbonyl (C=O) groups excluding carboxylic acids is 3. The second-order valence-corrected chi connectivity index (χ2v) is 7.30. The molecule has 7 nitrogen and oxygen atoms in total. The minimum absolute atomic E-state index is 0.105. The molecule has 1 atom stereocenters. The van der Waals surface area contributed by atoms with Gasteiger partial charge in [-0.2, -0.15) is 5.10 Å². The summed E-state index contributed by atoms with van der Waals surface area (Å²) >= 11 is 0. The Labute approximate surface area is 174 Å². The minimum atomic E-state index is -1.09. The van der Waals surface area contributed by atoms with Gasteiger partial charge in [0.25, 0.3) is 11.8 Å². The smallest absolute Gasteiger partial charge is 0.287 e. The lowest BCUT2D eigenvalue weighted by Gasteiger charge is -2.17. The van der Waals surface area contributed by atoms with E-state index in [0.717, 1.165) is 16.9 Å². The van der Waals surface area contributed by atoms with Crippen molar-refractivity contribution < 1.29 is 14.4 Å². The van der Waals surface area contributed by atoms with Gasteiger partial charge in [-0.05, 0) is 29.7 Å². The summed E-state index contributed by atoms with van der Waals surface area (Å²) in [5.74, 6) is -2.33. The fourth-order valence-electron chi connectivity index (χ4n) is 3.07. The van der Waals surface area contributed by atoms with Crippen molar-refractivity contribution in [3.63, 3.8) is 0 Å². The summed E-state index contributed by atoms with van der Waals surface area (Å²) in [4.78, 5) is 37.0. The fourth-order valence-corrected chi connectivity index (χ4v) is 3.07. The monoisotopic (exact) mass is 404 g/mol. The van der Waals surface area contributed by atoms with E-state index in [1.807, 2.05) is 74.5 Å². The summed E-state index contributed by atoms with van der Waals surface area (Å²) in [6.07, 6.45) is 0.158. The molecule has 1 heterocycles. The summed E-state index contributed by atoms with van der Waals surface area (Å²) in [5, 5.41) is 7.23. The number of ketones is 1. The highest BCUT2D eigenvalue weighted by molar-refractivity contribution is 6.38. The molecule has 0 bridgehead atoms. The van der Waals surface area contributed by atoms with Crippen molar-refractivity contribution in [2.75, 3.05) is 0 Å². The van der Waals surface area contributed by atoms with Crippen LogP contribution in [0.25, 0.3) is 5.69 Å². The van der Waals surface area contributed by atoms with Gasteiger partial charge in [0.2, 0.25) is 5.78 Å². The van der Waals surface area contributed by atoms with Gasteiger partial charge < -0.3 is 11.1 Å². The number of benzene rings is 2. The maximum Gasteiger partial charge on any atom is 0.287 e. The zero-order chi connectivity index (χ0) is 21.7. The zero-order valence-corrected chi connectivity index (χ0v) is 16.9. The molecule has 7 heteroatoms. The molecular formula is C23H24N4O3. The van der Waals surface area contributed by atoms with Crippen LogP contribution in [0.15, 0.2) is 66.7 Å². The zero-order valence-electron chi connectivity index (χ0n) is 16.9. The average Bonchev–Trinajstić information content (AvgIpc) is 3.20. The minimum Gasteiger partial charge on any atom is -0.363 e. The van der Waals surface area contributed by atoms with Crippen molar-refractivity contribution in [2.45, 2.75) is 32.2 Å². The summed E-state index contributed by atoms with van der Waals surface area (Å²) in [5.41, 5.74) is 7.75. The molecule has 0 saturated carbocycles. The van der Waals surface area contributed by atoms with Gasteiger partial charge in [-0.3, -0.25) is 14.4 Å². The van der Waals surface area contributed by atoms with Crippen LogP contribution in [0.2, 0.25) is 0 Å². The largest absolute Gasteiger partial charge is 0.363 e. The third-order valence-electron chi connectivity index (χ3n) is 4.70. The van der Waals surface area contributed by atoms with Crippen LogP contribution in [0.4, 0.5) is 0 Å². The Balaban J connectivity index is 1.93. The normalized spacial score (nSPS) is 11.8. The molecule has 1 unspecified atom stereocenters. The fraction of sp³-hybridized carbons (Fsp3) is 0.217. The van der Waals surface area contributed by atoms with E-state index in [0.29, 0.717) is 0 Å². The first-order valence-corrected chi connectivity index (χ1v) is 9.70. The first-order chi connectivity index (χ1) is 14.4. The van der Waals surface area contributed by atoms with Crippen LogP contribution < -0.4 is 11.1 Å². The number of Topliss-reactive ketones (excluding diaryl/α,β-unsaturated/α-hetero) is 1. The second-order valence-electron chi connectivity index (χ2n) is 7.30. The molecule has 0 saturated heterocycles. The molecule has 1 aromatic heterocycles. The maximum atomic E-state index is 13.1. The van der Waals surface area contributed by atoms with Gasteiger partial charge >= 0.3 is 0 Å². The quantitative estimate of drug-likeness (QED) is 0.562. The molecule has 0 radical (unpaired) electrons. The number of nitrogens with zero attached hydrogens (tertiary/aromatic N) is 2. The van der Waals surface area contributed by atoms with E-state index in [2.05, 4.69) is 10.4 Å². The Morgan fingerprint density at radius 1 is 1.00 bits per heavy atom. The lowest BCUT2D eigenvalue weighted by molar-refractivity contribution is -0.137. The number of aromatic nitrogens is 2. The Morgan fingerprint density at radius 3 is 2.17 bits per heavy atom. The molecule has 0 aliphatic rings. The number of carbonyl (C=O) groups is 3. The van der Waals surface area contributed by atoms with Gasteiger partial charge in [-0.25, -0.2) is 4.68 Å². The van der Waals surface area contributed by atoms with Gasteiger partial charge in [-0.1, -0.05) is 62.4 Å². The van der Waals surface area contributed by atoms with Crippen molar-refractivity contribution in [1.82, 2.24) is 15.1 Å². The van der Waals surface area contributed by atoms with E-state index in [-0.39, 0.29) is 18.0 Å². The molecule has 0 spiro atoms. The standard InChI is InChI=1S/C23H24N4O3/c1-15(2)18-14-20(27(26-18)17-11-7-4-8-12-17)23(30)25-19(21(28)22(24)29)13-16-9-5-3-6-10-16/h3-12,14-15,19H,13H2,1-2H3,(H2,24,29)(H,25,30). The third kappa shape index (κ3) is 4.81. The molecule has 154 valence electrons. The topological polar surface area (TPSA) is 107 Å². The Hall–Kier alpha value is -3.74. The Morgan fingerprint density at radius 2 is 1.60 bits per heavy atom. The Kier molecular flexibility index (Phi) is 6.41. The lowest BCUT2D eigenvalue weighted by Crippen LogP contribution is -2.47. The molecule has 2 amide bonds. The number of nitrogens with one attached hydrogen (secondary N) is 1. The van der Waals surface area contributed by atoms with Crippen LogP contribution in [-0.2, 0) is 16.0 Å². The van der Waals surface area contributed by atoms with E-state index in [1.165, 1.54) is 0 Å². The maximum absolute atomic E-state index is 13.1. The molecule has 2 aromatic carbocycles. The molecule has 0 fully saturated rings. The molecule has 3 rings (SSSR count). The van der Waals surface area contributed by atoms with E-state index in [9.17, 15) is 14.4 Å².